The number of benzene rings is 1. The first kappa shape index (κ1) is 20.5. The van der Waals surface area contributed by atoms with Crippen LogP contribution in [-0.4, -0.2) is 37.9 Å². The lowest BCUT2D eigenvalue weighted by atomic mass is 9.98. The zero-order valence-corrected chi connectivity index (χ0v) is 19.6. The fraction of sp³-hybridized carbons (Fsp3) is 0.261. The molecule has 158 valence electrons. The quantitative estimate of drug-likeness (QED) is 0.343. The monoisotopic (exact) mass is 466 g/mol. The average molecular weight is 467 g/mol. The SMILES string of the molecule is CCC1c2ccsc2CCN1C(=O)CSc1nnc(-c2cccs2)n1-c1ccccc1. The van der Waals surface area contributed by atoms with Crippen LogP contribution in [0.2, 0.25) is 0 Å². The van der Waals surface area contributed by atoms with Gasteiger partial charge in [-0.15, -0.1) is 32.9 Å². The highest BCUT2D eigenvalue weighted by molar-refractivity contribution is 7.99. The van der Waals surface area contributed by atoms with Crippen molar-refractivity contribution in [3.63, 3.8) is 0 Å². The number of carbonyl (C=O) groups excluding carboxylic acids is 1. The average Bonchev–Trinajstić information content (AvgIpc) is 3.57. The molecule has 1 aromatic carbocycles. The summed E-state index contributed by atoms with van der Waals surface area (Å²) >= 11 is 4.90. The number of thioether (sulfide) groups is 1. The first-order valence-electron chi connectivity index (χ1n) is 10.3. The van der Waals surface area contributed by atoms with Gasteiger partial charge in [0, 0.05) is 17.1 Å². The molecule has 3 aromatic heterocycles. The molecule has 0 spiro atoms. The molecule has 31 heavy (non-hydrogen) atoms. The van der Waals surface area contributed by atoms with E-state index in [1.54, 1.807) is 22.7 Å². The number of nitrogens with zero attached hydrogens (tertiary/aromatic N) is 4. The minimum absolute atomic E-state index is 0.161. The van der Waals surface area contributed by atoms with Crippen molar-refractivity contribution < 1.29 is 4.79 Å². The molecule has 0 N–H and O–H groups in total. The maximum absolute atomic E-state index is 13.2. The molecule has 0 bridgehead atoms. The molecule has 1 aliphatic rings. The molecule has 5 nitrogen and oxygen atoms in total. The second-order valence-corrected chi connectivity index (χ2v) is 10.2. The van der Waals surface area contributed by atoms with Gasteiger partial charge in [0.25, 0.3) is 0 Å². The van der Waals surface area contributed by atoms with Crippen LogP contribution < -0.4 is 0 Å². The Morgan fingerprint density at radius 1 is 1.10 bits per heavy atom. The third-order valence-corrected chi connectivity index (χ3v) is 8.29. The van der Waals surface area contributed by atoms with Crippen LogP contribution in [0.4, 0.5) is 0 Å². The Hall–Kier alpha value is -2.42. The molecule has 0 fully saturated rings. The summed E-state index contributed by atoms with van der Waals surface area (Å²) < 4.78 is 2.05. The Kier molecular flexibility index (Phi) is 5.93. The Morgan fingerprint density at radius 2 is 1.97 bits per heavy atom. The zero-order valence-electron chi connectivity index (χ0n) is 17.1. The van der Waals surface area contributed by atoms with E-state index in [0.29, 0.717) is 5.75 Å². The van der Waals surface area contributed by atoms with Gasteiger partial charge in [0.1, 0.15) is 0 Å². The van der Waals surface area contributed by atoms with Gasteiger partial charge in [-0.1, -0.05) is 43.0 Å². The van der Waals surface area contributed by atoms with Gasteiger partial charge in [-0.3, -0.25) is 9.36 Å². The van der Waals surface area contributed by atoms with Crippen molar-refractivity contribution in [3.05, 3.63) is 69.7 Å². The molecule has 0 saturated carbocycles. The number of hydrogen-bond acceptors (Lipinski definition) is 6. The molecule has 0 saturated heterocycles. The van der Waals surface area contributed by atoms with Crippen LogP contribution in [0.5, 0.6) is 0 Å². The summed E-state index contributed by atoms with van der Waals surface area (Å²) in [6.45, 7) is 2.95. The van der Waals surface area contributed by atoms with Crippen LogP contribution in [0.15, 0.2) is 64.4 Å². The highest BCUT2D eigenvalue weighted by Crippen LogP contribution is 2.36. The fourth-order valence-electron chi connectivity index (χ4n) is 4.08. The number of hydrogen-bond donors (Lipinski definition) is 0. The second-order valence-electron chi connectivity index (χ2n) is 7.30. The van der Waals surface area contributed by atoms with E-state index in [1.165, 1.54) is 22.2 Å². The molecule has 8 heteroatoms. The van der Waals surface area contributed by atoms with E-state index in [9.17, 15) is 4.79 Å². The molecule has 4 aromatic rings. The molecule has 1 amide bonds. The largest absolute Gasteiger partial charge is 0.335 e. The number of rotatable bonds is 6. The molecule has 5 rings (SSSR count). The van der Waals surface area contributed by atoms with Gasteiger partial charge in [-0.05, 0) is 53.4 Å². The summed E-state index contributed by atoms with van der Waals surface area (Å²) in [5, 5.41) is 13.8. The van der Waals surface area contributed by atoms with Gasteiger partial charge in [0.2, 0.25) is 5.91 Å². The van der Waals surface area contributed by atoms with Crippen molar-refractivity contribution in [3.8, 4) is 16.4 Å². The third-order valence-electron chi connectivity index (χ3n) is 5.52. The summed E-state index contributed by atoms with van der Waals surface area (Å²) in [4.78, 5) is 17.7. The van der Waals surface area contributed by atoms with Crippen LogP contribution in [0.1, 0.15) is 29.8 Å². The van der Waals surface area contributed by atoms with E-state index < -0.39 is 0 Å². The molecule has 1 aliphatic heterocycles. The Labute approximate surface area is 193 Å². The lowest BCUT2D eigenvalue weighted by Crippen LogP contribution is -2.40. The minimum atomic E-state index is 0.161. The van der Waals surface area contributed by atoms with Gasteiger partial charge in [0.15, 0.2) is 11.0 Å². The predicted molar refractivity (Wildman–Crippen MR) is 128 cm³/mol. The van der Waals surface area contributed by atoms with Gasteiger partial charge < -0.3 is 4.90 Å². The molecule has 1 unspecified atom stereocenters. The van der Waals surface area contributed by atoms with Crippen LogP contribution in [0.25, 0.3) is 16.4 Å². The number of fused-ring (bicyclic) bond motifs is 1. The van der Waals surface area contributed by atoms with E-state index in [4.69, 9.17) is 0 Å². The minimum Gasteiger partial charge on any atom is -0.335 e. The summed E-state index contributed by atoms with van der Waals surface area (Å²) in [5.74, 6) is 1.32. The Morgan fingerprint density at radius 3 is 2.74 bits per heavy atom. The van der Waals surface area contributed by atoms with Crippen molar-refractivity contribution >= 4 is 40.3 Å². The van der Waals surface area contributed by atoms with E-state index in [1.807, 2.05) is 57.3 Å². The molecule has 0 aliphatic carbocycles. The number of para-hydroxylation sites is 1. The summed E-state index contributed by atoms with van der Waals surface area (Å²) in [7, 11) is 0. The normalized spacial score (nSPS) is 15.8. The number of carbonyl (C=O) groups is 1. The van der Waals surface area contributed by atoms with Crippen molar-refractivity contribution in [1.82, 2.24) is 19.7 Å². The van der Waals surface area contributed by atoms with Gasteiger partial charge in [-0.2, -0.15) is 0 Å². The molecular formula is C23H22N4OS3. The van der Waals surface area contributed by atoms with Gasteiger partial charge >= 0.3 is 0 Å². The summed E-state index contributed by atoms with van der Waals surface area (Å²) in [5.41, 5.74) is 2.32. The Balaban J connectivity index is 1.39. The van der Waals surface area contributed by atoms with Gasteiger partial charge in [0.05, 0.1) is 16.7 Å². The maximum Gasteiger partial charge on any atom is 0.233 e. The topological polar surface area (TPSA) is 51.0 Å². The summed E-state index contributed by atoms with van der Waals surface area (Å²) in [6, 6.07) is 16.5. The van der Waals surface area contributed by atoms with Crippen LogP contribution >= 0.6 is 34.4 Å². The zero-order chi connectivity index (χ0) is 21.2. The van der Waals surface area contributed by atoms with Crippen molar-refractivity contribution in [1.29, 1.82) is 0 Å². The molecule has 4 heterocycles. The second kappa shape index (κ2) is 8.98. The first-order chi connectivity index (χ1) is 15.3. The predicted octanol–water partition coefficient (Wildman–Crippen LogP) is 5.69. The first-order valence-corrected chi connectivity index (χ1v) is 13.0. The van der Waals surface area contributed by atoms with E-state index >= 15 is 0 Å². The van der Waals surface area contributed by atoms with E-state index in [-0.39, 0.29) is 11.9 Å². The van der Waals surface area contributed by atoms with Crippen molar-refractivity contribution in [2.75, 3.05) is 12.3 Å². The van der Waals surface area contributed by atoms with Gasteiger partial charge in [-0.25, -0.2) is 0 Å². The third kappa shape index (κ3) is 3.95. The van der Waals surface area contributed by atoms with Crippen LogP contribution in [0, 0.1) is 0 Å². The van der Waals surface area contributed by atoms with E-state index in [0.717, 1.165) is 40.9 Å². The summed E-state index contributed by atoms with van der Waals surface area (Å²) in [6.07, 6.45) is 1.88. The number of amides is 1. The smallest absolute Gasteiger partial charge is 0.233 e. The number of aromatic nitrogens is 3. The Bertz CT molecular complexity index is 1170. The van der Waals surface area contributed by atoms with Crippen molar-refractivity contribution in [2.24, 2.45) is 0 Å². The highest BCUT2D eigenvalue weighted by Gasteiger charge is 2.30. The van der Waals surface area contributed by atoms with Crippen LogP contribution in [-0.2, 0) is 11.2 Å². The van der Waals surface area contributed by atoms with Crippen LogP contribution in [0.3, 0.4) is 0 Å². The highest BCUT2D eigenvalue weighted by atomic mass is 32.2. The van der Waals surface area contributed by atoms with E-state index in [2.05, 4.69) is 28.6 Å². The molecular weight excluding hydrogens is 444 g/mol. The fourth-order valence-corrected chi connectivity index (χ4v) is 6.55. The lowest BCUT2D eigenvalue weighted by Gasteiger charge is -2.35. The standard InChI is InChI=1S/C23H22N4OS3/c1-2-18-17-11-14-30-19(17)10-12-26(18)21(28)15-31-23-25-24-22(20-9-6-13-29-20)27(23)16-7-4-3-5-8-16/h3-9,11,13-14,18H,2,10,12,15H2,1H3. The van der Waals surface area contributed by atoms with Crippen molar-refractivity contribution in [2.45, 2.75) is 31.0 Å². The molecule has 1 atom stereocenters. The number of thiophene rings is 2. The lowest BCUT2D eigenvalue weighted by molar-refractivity contribution is -0.131. The molecule has 0 radical (unpaired) electrons. The maximum atomic E-state index is 13.2.